The van der Waals surface area contributed by atoms with Crippen molar-refractivity contribution >= 4 is 12.0 Å². The Bertz CT molecular complexity index is 734. The van der Waals surface area contributed by atoms with Crippen LogP contribution in [0, 0.1) is 0 Å². The number of rotatable bonds is 8. The molecule has 132 valence electrons. The first-order valence-corrected chi connectivity index (χ1v) is 7.96. The number of nitrogens with zero attached hydrogens (tertiary/aromatic N) is 1. The van der Waals surface area contributed by atoms with Gasteiger partial charge in [0.2, 0.25) is 5.91 Å². The Morgan fingerprint density at radius 1 is 1.36 bits per heavy atom. The zero-order valence-electron chi connectivity index (χ0n) is 14.8. The number of furan rings is 1. The van der Waals surface area contributed by atoms with Crippen LogP contribution in [0.4, 0.5) is 0 Å². The molecular formula is C20H23NO4. The maximum Gasteiger partial charge on any atom is 0.246 e. The maximum absolute atomic E-state index is 12.3. The van der Waals surface area contributed by atoms with E-state index >= 15 is 0 Å². The van der Waals surface area contributed by atoms with Crippen LogP contribution in [0.25, 0.3) is 6.08 Å². The number of ether oxygens (including phenoxy) is 2. The monoisotopic (exact) mass is 341 g/mol. The Morgan fingerprint density at radius 3 is 2.80 bits per heavy atom. The van der Waals surface area contributed by atoms with E-state index in [1.54, 1.807) is 37.5 Å². The minimum absolute atomic E-state index is 0.116. The van der Waals surface area contributed by atoms with Crippen LogP contribution in [0.5, 0.6) is 11.5 Å². The van der Waals surface area contributed by atoms with Crippen LogP contribution in [-0.2, 0) is 4.79 Å². The van der Waals surface area contributed by atoms with Gasteiger partial charge in [-0.1, -0.05) is 18.7 Å². The zero-order chi connectivity index (χ0) is 18.2. The molecule has 1 unspecified atom stereocenters. The van der Waals surface area contributed by atoms with Crippen LogP contribution < -0.4 is 9.47 Å². The van der Waals surface area contributed by atoms with Gasteiger partial charge in [-0.3, -0.25) is 4.79 Å². The van der Waals surface area contributed by atoms with Crippen molar-refractivity contribution in [3.63, 3.8) is 0 Å². The third-order valence-corrected chi connectivity index (χ3v) is 3.85. The molecule has 0 aliphatic heterocycles. The fourth-order valence-corrected chi connectivity index (χ4v) is 2.25. The van der Waals surface area contributed by atoms with Crippen LogP contribution in [0.2, 0.25) is 0 Å². The SMILES string of the molecule is C=CCOc1ccc(/C=C/C(=O)N(C)C(C)c2ccco2)cc1OC. The Kier molecular flexibility index (Phi) is 6.46. The van der Waals surface area contributed by atoms with Crippen molar-refractivity contribution in [2.45, 2.75) is 13.0 Å². The fraction of sp³-hybridized carbons (Fsp3) is 0.250. The Labute approximate surface area is 148 Å². The van der Waals surface area contributed by atoms with Crippen LogP contribution in [-0.4, -0.2) is 31.6 Å². The van der Waals surface area contributed by atoms with Crippen molar-refractivity contribution in [3.05, 3.63) is 66.6 Å². The maximum atomic E-state index is 12.3. The van der Waals surface area contributed by atoms with E-state index in [2.05, 4.69) is 6.58 Å². The molecule has 1 amide bonds. The Hall–Kier alpha value is -2.95. The number of hydrogen-bond donors (Lipinski definition) is 0. The van der Waals surface area contributed by atoms with Gasteiger partial charge < -0.3 is 18.8 Å². The quantitative estimate of drug-likeness (QED) is 0.536. The van der Waals surface area contributed by atoms with Gasteiger partial charge in [-0.2, -0.15) is 0 Å². The van der Waals surface area contributed by atoms with Gasteiger partial charge in [-0.05, 0) is 42.8 Å². The van der Waals surface area contributed by atoms with Crippen LogP contribution in [0.3, 0.4) is 0 Å². The first kappa shape index (κ1) is 18.4. The largest absolute Gasteiger partial charge is 0.493 e. The van der Waals surface area contributed by atoms with E-state index in [0.717, 1.165) is 11.3 Å². The van der Waals surface area contributed by atoms with Gasteiger partial charge in [0.15, 0.2) is 11.5 Å². The predicted octanol–water partition coefficient (Wildman–Crippen LogP) is 4.09. The highest BCUT2D eigenvalue weighted by atomic mass is 16.5. The van der Waals surface area contributed by atoms with Gasteiger partial charge in [-0.15, -0.1) is 0 Å². The molecular weight excluding hydrogens is 318 g/mol. The van der Waals surface area contributed by atoms with E-state index in [-0.39, 0.29) is 11.9 Å². The van der Waals surface area contributed by atoms with Crippen molar-refractivity contribution in [1.29, 1.82) is 0 Å². The summed E-state index contributed by atoms with van der Waals surface area (Å²) in [5.74, 6) is 1.87. The fourth-order valence-electron chi connectivity index (χ4n) is 2.25. The molecule has 5 heteroatoms. The summed E-state index contributed by atoms with van der Waals surface area (Å²) < 4.78 is 16.2. The third-order valence-electron chi connectivity index (χ3n) is 3.85. The molecule has 0 fully saturated rings. The number of carbonyl (C=O) groups excluding carboxylic acids is 1. The van der Waals surface area contributed by atoms with E-state index in [4.69, 9.17) is 13.9 Å². The molecule has 1 heterocycles. The summed E-state index contributed by atoms with van der Waals surface area (Å²) in [6.45, 7) is 5.94. The van der Waals surface area contributed by atoms with Crippen LogP contribution in [0.1, 0.15) is 24.3 Å². The highest BCUT2D eigenvalue weighted by molar-refractivity contribution is 5.91. The molecule has 5 nitrogen and oxygen atoms in total. The summed E-state index contributed by atoms with van der Waals surface area (Å²) in [5.41, 5.74) is 0.843. The highest BCUT2D eigenvalue weighted by Crippen LogP contribution is 2.28. The molecule has 0 spiro atoms. The molecule has 2 aromatic rings. The van der Waals surface area contributed by atoms with Crippen molar-refractivity contribution < 1.29 is 18.7 Å². The van der Waals surface area contributed by atoms with E-state index in [1.807, 2.05) is 37.3 Å². The van der Waals surface area contributed by atoms with Crippen LogP contribution >= 0.6 is 0 Å². The van der Waals surface area contributed by atoms with E-state index in [0.29, 0.717) is 18.1 Å². The van der Waals surface area contributed by atoms with E-state index in [1.165, 1.54) is 6.08 Å². The lowest BCUT2D eigenvalue weighted by atomic mass is 10.1. The van der Waals surface area contributed by atoms with Gasteiger partial charge in [-0.25, -0.2) is 0 Å². The van der Waals surface area contributed by atoms with E-state index < -0.39 is 0 Å². The molecule has 0 aliphatic rings. The average molecular weight is 341 g/mol. The second-order valence-corrected chi connectivity index (χ2v) is 5.48. The van der Waals surface area contributed by atoms with Crippen molar-refractivity contribution in [2.75, 3.05) is 20.8 Å². The van der Waals surface area contributed by atoms with Crippen molar-refractivity contribution in [3.8, 4) is 11.5 Å². The molecule has 1 aromatic carbocycles. The summed E-state index contributed by atoms with van der Waals surface area (Å²) in [5, 5.41) is 0. The Morgan fingerprint density at radius 2 is 2.16 bits per heavy atom. The summed E-state index contributed by atoms with van der Waals surface area (Å²) in [6.07, 6.45) is 6.54. The number of hydrogen-bond acceptors (Lipinski definition) is 4. The summed E-state index contributed by atoms with van der Waals surface area (Å²) >= 11 is 0. The molecule has 0 radical (unpaired) electrons. The molecule has 25 heavy (non-hydrogen) atoms. The summed E-state index contributed by atoms with van der Waals surface area (Å²) in [4.78, 5) is 14.0. The lowest BCUT2D eigenvalue weighted by Gasteiger charge is -2.21. The van der Waals surface area contributed by atoms with Gasteiger partial charge in [0.25, 0.3) is 0 Å². The molecule has 0 bridgehead atoms. The summed E-state index contributed by atoms with van der Waals surface area (Å²) in [7, 11) is 3.32. The Balaban J connectivity index is 2.07. The molecule has 0 saturated heterocycles. The van der Waals surface area contributed by atoms with E-state index in [9.17, 15) is 4.79 Å². The topological polar surface area (TPSA) is 51.9 Å². The van der Waals surface area contributed by atoms with Crippen LogP contribution in [0.15, 0.2) is 59.7 Å². The normalized spacial score (nSPS) is 12.0. The standard InChI is InChI=1S/C20H23NO4/c1-5-12-24-18-10-8-16(14-19(18)23-4)9-11-20(22)21(3)15(2)17-7-6-13-25-17/h5-11,13-15H,1,12H2,2-4H3/b11-9+. The minimum Gasteiger partial charge on any atom is -0.493 e. The van der Waals surface area contributed by atoms with Crippen molar-refractivity contribution in [2.24, 2.45) is 0 Å². The first-order chi connectivity index (χ1) is 12.1. The second kappa shape index (κ2) is 8.78. The number of carbonyl (C=O) groups is 1. The third kappa shape index (κ3) is 4.76. The molecule has 0 N–H and O–H groups in total. The lowest BCUT2D eigenvalue weighted by molar-refractivity contribution is -0.126. The second-order valence-electron chi connectivity index (χ2n) is 5.48. The highest BCUT2D eigenvalue weighted by Gasteiger charge is 2.17. The zero-order valence-corrected chi connectivity index (χ0v) is 14.8. The van der Waals surface area contributed by atoms with Crippen molar-refractivity contribution in [1.82, 2.24) is 4.90 Å². The number of amides is 1. The van der Waals surface area contributed by atoms with Gasteiger partial charge in [0.1, 0.15) is 12.4 Å². The van der Waals surface area contributed by atoms with Gasteiger partial charge in [0, 0.05) is 13.1 Å². The first-order valence-electron chi connectivity index (χ1n) is 7.96. The molecule has 1 atom stereocenters. The van der Waals surface area contributed by atoms with Gasteiger partial charge in [0.05, 0.1) is 19.4 Å². The number of methoxy groups -OCH3 is 1. The molecule has 0 aliphatic carbocycles. The summed E-state index contributed by atoms with van der Waals surface area (Å²) in [6, 6.07) is 9.00. The molecule has 1 aromatic heterocycles. The minimum atomic E-state index is -0.142. The number of benzene rings is 1. The number of likely N-dealkylation sites (N-methyl/N-ethyl adjacent to an activating group) is 1. The smallest absolute Gasteiger partial charge is 0.246 e. The molecule has 0 saturated carbocycles. The molecule has 2 rings (SSSR count). The average Bonchev–Trinajstić information content (AvgIpc) is 3.18. The lowest BCUT2D eigenvalue weighted by Crippen LogP contribution is -2.27. The van der Waals surface area contributed by atoms with Gasteiger partial charge >= 0.3 is 0 Å². The predicted molar refractivity (Wildman–Crippen MR) is 97.6 cm³/mol.